The second kappa shape index (κ2) is 7.45. The molecule has 9 heteroatoms. The van der Waals surface area contributed by atoms with Crippen LogP contribution in [0.2, 0.25) is 0 Å². The molecule has 0 spiro atoms. The average Bonchev–Trinajstić information content (AvgIpc) is 3.16. The Morgan fingerprint density at radius 2 is 1.93 bits per heavy atom. The maximum Gasteiger partial charge on any atom is 0.225 e. The number of fused-ring (bicyclic) bond motifs is 1. The monoisotopic (exact) mass is 384 g/mol. The van der Waals surface area contributed by atoms with E-state index in [2.05, 4.69) is 19.9 Å². The number of nitrogen functional groups attached to an aromatic ring is 1. The highest BCUT2D eigenvalue weighted by Crippen LogP contribution is 2.27. The van der Waals surface area contributed by atoms with Crippen LogP contribution >= 0.6 is 11.3 Å². The zero-order valence-electron chi connectivity index (χ0n) is 14.7. The predicted octanol–water partition coefficient (Wildman–Crippen LogP) is 1.44. The summed E-state index contributed by atoms with van der Waals surface area (Å²) in [5.41, 5.74) is 9.04. The maximum absolute atomic E-state index is 12.5. The van der Waals surface area contributed by atoms with Crippen LogP contribution in [0.25, 0.3) is 10.3 Å². The Morgan fingerprint density at radius 1 is 1.19 bits per heavy atom. The molecule has 1 fully saturated rings. The maximum atomic E-state index is 12.5. The van der Waals surface area contributed by atoms with Gasteiger partial charge in [-0.25, -0.2) is 9.97 Å². The van der Waals surface area contributed by atoms with E-state index in [1.165, 1.54) is 11.3 Å². The third-order valence-corrected chi connectivity index (χ3v) is 5.40. The molecule has 1 amide bonds. The number of nitrogens with zero attached hydrogens (tertiary/aromatic N) is 5. The van der Waals surface area contributed by atoms with Gasteiger partial charge in [0.15, 0.2) is 10.6 Å². The van der Waals surface area contributed by atoms with E-state index in [-0.39, 0.29) is 18.3 Å². The summed E-state index contributed by atoms with van der Waals surface area (Å²) >= 11 is 1.43. The Kier molecular flexibility index (Phi) is 4.87. The summed E-state index contributed by atoms with van der Waals surface area (Å²) in [5, 5.41) is 10.3. The van der Waals surface area contributed by atoms with Crippen LogP contribution in [0.15, 0.2) is 35.8 Å². The summed E-state index contributed by atoms with van der Waals surface area (Å²) in [5.74, 6) is 0.897. The molecule has 3 aromatic rings. The van der Waals surface area contributed by atoms with Gasteiger partial charge in [-0.05, 0) is 5.56 Å². The molecule has 8 nitrogen and oxygen atoms in total. The first-order valence-electron chi connectivity index (χ1n) is 8.74. The fourth-order valence-corrected chi connectivity index (χ4v) is 3.90. The van der Waals surface area contributed by atoms with Gasteiger partial charge in [-0.2, -0.15) is 4.98 Å². The Morgan fingerprint density at radius 3 is 2.67 bits per heavy atom. The van der Waals surface area contributed by atoms with E-state index < -0.39 is 6.10 Å². The number of benzene rings is 1. The molecule has 1 aliphatic rings. The van der Waals surface area contributed by atoms with Crippen molar-refractivity contribution in [1.82, 2.24) is 19.9 Å². The fraction of sp³-hybridized carbons (Fsp3) is 0.333. The number of aromatic nitrogens is 3. The molecule has 2 aromatic heterocycles. The second-order valence-corrected chi connectivity index (χ2v) is 7.24. The molecule has 3 heterocycles. The molecular formula is C18H20N6O2S. The van der Waals surface area contributed by atoms with Crippen LogP contribution in [0.4, 0.5) is 11.8 Å². The minimum absolute atomic E-state index is 0.0491. The van der Waals surface area contributed by atoms with E-state index in [9.17, 15) is 9.90 Å². The number of hydrogen-bond acceptors (Lipinski definition) is 8. The van der Waals surface area contributed by atoms with Crippen LogP contribution in [0.5, 0.6) is 0 Å². The zero-order chi connectivity index (χ0) is 18.8. The minimum Gasteiger partial charge on any atom is -0.388 e. The summed E-state index contributed by atoms with van der Waals surface area (Å²) in [6.07, 6.45) is -0.700. The highest BCUT2D eigenvalue weighted by Gasteiger charge is 2.25. The van der Waals surface area contributed by atoms with Gasteiger partial charge < -0.3 is 20.6 Å². The molecule has 1 atom stereocenters. The Hall–Kier alpha value is -2.78. The molecular weight excluding hydrogens is 364 g/mol. The topological polar surface area (TPSA) is 108 Å². The summed E-state index contributed by atoms with van der Waals surface area (Å²) in [4.78, 5) is 30.1. The smallest absolute Gasteiger partial charge is 0.225 e. The summed E-state index contributed by atoms with van der Waals surface area (Å²) < 4.78 is 0. The Balaban J connectivity index is 1.40. The van der Waals surface area contributed by atoms with Gasteiger partial charge in [0.05, 0.1) is 18.0 Å². The van der Waals surface area contributed by atoms with Crippen LogP contribution in [0, 0.1) is 0 Å². The van der Waals surface area contributed by atoms with Crippen molar-refractivity contribution in [2.24, 2.45) is 0 Å². The minimum atomic E-state index is -0.784. The van der Waals surface area contributed by atoms with Crippen LogP contribution < -0.4 is 10.6 Å². The van der Waals surface area contributed by atoms with Gasteiger partial charge in [0.25, 0.3) is 0 Å². The van der Waals surface area contributed by atoms with Crippen LogP contribution in [-0.4, -0.2) is 57.0 Å². The molecule has 0 bridgehead atoms. The molecule has 0 saturated carbocycles. The molecule has 0 aliphatic carbocycles. The van der Waals surface area contributed by atoms with E-state index in [0.29, 0.717) is 26.2 Å². The standard InChI is InChI=1S/C18H20N6O2S/c19-18-21-16(15-17(22-18)27-11-20-15)24-8-6-23(7-9-24)14(26)10-13(25)12-4-2-1-3-5-12/h1-5,11,13,25H,6-10H2,(H2,19,21,22). The van der Waals surface area contributed by atoms with Crippen molar-refractivity contribution in [3.8, 4) is 0 Å². The first-order valence-corrected chi connectivity index (χ1v) is 9.62. The lowest BCUT2D eigenvalue weighted by Gasteiger charge is -2.35. The summed E-state index contributed by atoms with van der Waals surface area (Å²) in [6.45, 7) is 2.40. The van der Waals surface area contributed by atoms with Crippen molar-refractivity contribution < 1.29 is 9.90 Å². The molecule has 3 N–H and O–H groups in total. The average molecular weight is 384 g/mol. The number of carbonyl (C=O) groups excluding carboxylic acids is 1. The normalized spacial score (nSPS) is 15.9. The lowest BCUT2D eigenvalue weighted by molar-refractivity contribution is -0.133. The van der Waals surface area contributed by atoms with E-state index in [1.54, 1.807) is 10.4 Å². The van der Waals surface area contributed by atoms with Gasteiger partial charge in [-0.1, -0.05) is 30.3 Å². The number of aliphatic hydroxyl groups excluding tert-OH is 1. The van der Waals surface area contributed by atoms with Crippen molar-refractivity contribution in [1.29, 1.82) is 0 Å². The van der Waals surface area contributed by atoms with E-state index in [1.807, 2.05) is 30.3 Å². The predicted molar refractivity (Wildman–Crippen MR) is 104 cm³/mol. The number of nitrogens with two attached hydrogens (primary N) is 1. The highest BCUT2D eigenvalue weighted by atomic mass is 32.1. The number of hydrogen-bond donors (Lipinski definition) is 2. The first kappa shape index (κ1) is 17.6. The number of aliphatic hydroxyl groups is 1. The van der Waals surface area contributed by atoms with Gasteiger partial charge >= 0.3 is 0 Å². The lowest BCUT2D eigenvalue weighted by Crippen LogP contribution is -2.49. The number of amides is 1. The second-order valence-electron chi connectivity index (χ2n) is 6.41. The third-order valence-electron chi connectivity index (χ3n) is 4.68. The van der Waals surface area contributed by atoms with Gasteiger partial charge in [-0.15, -0.1) is 11.3 Å². The van der Waals surface area contributed by atoms with E-state index in [4.69, 9.17) is 5.73 Å². The highest BCUT2D eigenvalue weighted by molar-refractivity contribution is 7.16. The quantitative estimate of drug-likeness (QED) is 0.700. The van der Waals surface area contributed by atoms with Crippen molar-refractivity contribution in [2.75, 3.05) is 36.8 Å². The number of rotatable bonds is 4. The fourth-order valence-electron chi connectivity index (χ4n) is 3.24. The Bertz CT molecular complexity index is 939. The first-order chi connectivity index (χ1) is 13.1. The van der Waals surface area contributed by atoms with Crippen molar-refractivity contribution >= 4 is 39.4 Å². The number of carbonyl (C=O) groups is 1. The number of piperazine rings is 1. The van der Waals surface area contributed by atoms with Crippen molar-refractivity contribution in [3.63, 3.8) is 0 Å². The van der Waals surface area contributed by atoms with Gasteiger partial charge in [0.1, 0.15) is 5.52 Å². The van der Waals surface area contributed by atoms with Crippen LogP contribution in [0.3, 0.4) is 0 Å². The van der Waals surface area contributed by atoms with Crippen LogP contribution in [0.1, 0.15) is 18.1 Å². The van der Waals surface area contributed by atoms with E-state index >= 15 is 0 Å². The molecule has 140 valence electrons. The van der Waals surface area contributed by atoms with Crippen LogP contribution in [-0.2, 0) is 4.79 Å². The van der Waals surface area contributed by atoms with E-state index in [0.717, 1.165) is 21.7 Å². The molecule has 0 radical (unpaired) electrons. The zero-order valence-corrected chi connectivity index (χ0v) is 15.5. The largest absolute Gasteiger partial charge is 0.388 e. The van der Waals surface area contributed by atoms with Gasteiger partial charge in [0.2, 0.25) is 11.9 Å². The lowest BCUT2D eigenvalue weighted by atomic mass is 10.1. The van der Waals surface area contributed by atoms with Crippen molar-refractivity contribution in [3.05, 3.63) is 41.4 Å². The Labute approximate surface area is 160 Å². The SMILES string of the molecule is Nc1nc(N2CCN(C(=O)CC(O)c3ccccc3)CC2)c2ncsc2n1. The van der Waals surface area contributed by atoms with Gasteiger partial charge in [-0.3, -0.25) is 4.79 Å². The molecule has 1 aliphatic heterocycles. The van der Waals surface area contributed by atoms with Gasteiger partial charge in [0, 0.05) is 26.2 Å². The molecule has 1 saturated heterocycles. The number of anilines is 2. The number of thiazole rings is 1. The summed E-state index contributed by atoms with van der Waals surface area (Å²) in [7, 11) is 0. The molecule has 1 aromatic carbocycles. The molecule has 4 rings (SSSR count). The van der Waals surface area contributed by atoms with Crippen molar-refractivity contribution in [2.45, 2.75) is 12.5 Å². The summed E-state index contributed by atoms with van der Waals surface area (Å²) in [6, 6.07) is 9.25. The molecule has 1 unspecified atom stereocenters. The third kappa shape index (κ3) is 3.69. The molecule has 27 heavy (non-hydrogen) atoms.